The second kappa shape index (κ2) is 8.12. The number of nitrogens with zero attached hydrogens (tertiary/aromatic N) is 1. The fourth-order valence-electron chi connectivity index (χ4n) is 2.26. The number of hydrogen-bond donors (Lipinski definition) is 2. The van der Waals surface area contributed by atoms with Gasteiger partial charge in [-0.25, -0.2) is 5.10 Å². The van der Waals surface area contributed by atoms with Crippen LogP contribution in [-0.2, 0) is 9.53 Å². The average molecular weight is 315 g/mol. The lowest BCUT2D eigenvalue weighted by atomic mass is 10.1. The quantitative estimate of drug-likeness (QED) is 0.767. The van der Waals surface area contributed by atoms with Crippen LogP contribution in [0.25, 0.3) is 11.3 Å². The molecule has 0 aliphatic carbocycles. The molecule has 1 aromatic heterocycles. The number of H-pyrrole nitrogens is 1. The van der Waals surface area contributed by atoms with E-state index in [4.69, 9.17) is 4.74 Å². The molecule has 1 aromatic carbocycles. The van der Waals surface area contributed by atoms with Crippen molar-refractivity contribution in [2.45, 2.75) is 32.8 Å². The van der Waals surface area contributed by atoms with E-state index in [2.05, 4.69) is 22.4 Å². The lowest BCUT2D eigenvalue weighted by Crippen LogP contribution is -2.25. The van der Waals surface area contributed by atoms with E-state index in [0.717, 1.165) is 24.1 Å². The summed E-state index contributed by atoms with van der Waals surface area (Å²) >= 11 is 0. The Balaban J connectivity index is 1.97. The molecule has 0 saturated carbocycles. The van der Waals surface area contributed by atoms with Gasteiger partial charge in [-0.15, -0.1) is 0 Å². The molecule has 0 spiro atoms. The van der Waals surface area contributed by atoms with E-state index in [1.165, 1.54) is 13.0 Å². The van der Waals surface area contributed by atoms with E-state index in [-0.39, 0.29) is 17.6 Å². The second-order valence-corrected chi connectivity index (χ2v) is 5.28. The van der Waals surface area contributed by atoms with Gasteiger partial charge < -0.3 is 10.1 Å². The zero-order chi connectivity index (χ0) is 16.7. The minimum atomic E-state index is -0.259. The van der Waals surface area contributed by atoms with E-state index >= 15 is 0 Å². The predicted molar refractivity (Wildman–Crippen MR) is 89.2 cm³/mol. The standard InChI is InChI=1S/C17H21N3O3/c1-3-4-15(23-12(2)21)11-18-14-7-5-13(6-8-14)16-9-10-17(22)20-19-16/h5-10,15,18H,3-4,11H2,1-2H3,(H,20,22). The third kappa shape index (κ3) is 5.25. The van der Waals surface area contributed by atoms with Crippen LogP contribution in [0.2, 0.25) is 0 Å². The molecule has 6 nitrogen and oxygen atoms in total. The lowest BCUT2D eigenvalue weighted by Gasteiger charge is -2.17. The lowest BCUT2D eigenvalue weighted by molar-refractivity contribution is -0.145. The zero-order valence-corrected chi connectivity index (χ0v) is 13.3. The monoisotopic (exact) mass is 315 g/mol. The molecule has 6 heteroatoms. The molecule has 2 aromatic rings. The van der Waals surface area contributed by atoms with Crippen molar-refractivity contribution in [2.75, 3.05) is 11.9 Å². The van der Waals surface area contributed by atoms with Crippen LogP contribution in [0.3, 0.4) is 0 Å². The van der Waals surface area contributed by atoms with Crippen molar-refractivity contribution in [3.05, 3.63) is 46.8 Å². The predicted octanol–water partition coefficient (Wildman–Crippen LogP) is 2.58. The summed E-state index contributed by atoms with van der Waals surface area (Å²) in [6.45, 7) is 4.06. The SMILES string of the molecule is CCCC(CNc1ccc(-c2ccc(=O)[nH]n2)cc1)OC(C)=O. The third-order valence-electron chi connectivity index (χ3n) is 3.34. The second-order valence-electron chi connectivity index (χ2n) is 5.28. The first-order valence-electron chi connectivity index (χ1n) is 7.65. The molecule has 0 saturated heterocycles. The van der Waals surface area contributed by atoms with Gasteiger partial charge in [0.2, 0.25) is 0 Å². The van der Waals surface area contributed by atoms with Crippen molar-refractivity contribution in [2.24, 2.45) is 0 Å². The van der Waals surface area contributed by atoms with Crippen LogP contribution in [0.5, 0.6) is 0 Å². The van der Waals surface area contributed by atoms with Gasteiger partial charge in [-0.05, 0) is 24.6 Å². The van der Waals surface area contributed by atoms with Crippen molar-refractivity contribution in [1.29, 1.82) is 0 Å². The molecular formula is C17H21N3O3. The summed E-state index contributed by atoms with van der Waals surface area (Å²) in [5.41, 5.74) is 2.34. The Morgan fingerprint density at radius 2 is 2.00 bits per heavy atom. The number of esters is 1. The van der Waals surface area contributed by atoms with Crippen molar-refractivity contribution in [3.63, 3.8) is 0 Å². The van der Waals surface area contributed by atoms with E-state index in [0.29, 0.717) is 12.2 Å². The highest BCUT2D eigenvalue weighted by Gasteiger charge is 2.10. The molecule has 122 valence electrons. The van der Waals surface area contributed by atoms with Crippen molar-refractivity contribution in [3.8, 4) is 11.3 Å². The third-order valence-corrected chi connectivity index (χ3v) is 3.34. The van der Waals surface area contributed by atoms with E-state index in [1.807, 2.05) is 24.3 Å². The van der Waals surface area contributed by atoms with Gasteiger partial charge in [0.1, 0.15) is 6.10 Å². The van der Waals surface area contributed by atoms with E-state index in [9.17, 15) is 9.59 Å². The highest BCUT2D eigenvalue weighted by molar-refractivity contribution is 5.66. The Morgan fingerprint density at radius 1 is 1.26 bits per heavy atom. The number of hydrogen-bond acceptors (Lipinski definition) is 5. The molecule has 1 unspecified atom stereocenters. The number of carbonyl (C=O) groups is 1. The summed E-state index contributed by atoms with van der Waals surface area (Å²) in [7, 11) is 0. The van der Waals surface area contributed by atoms with Crippen LogP contribution < -0.4 is 10.9 Å². The number of anilines is 1. The van der Waals surface area contributed by atoms with Gasteiger partial charge in [0.05, 0.1) is 12.2 Å². The molecule has 0 bridgehead atoms. The first-order chi connectivity index (χ1) is 11.1. The summed E-state index contributed by atoms with van der Waals surface area (Å²) in [5.74, 6) is -0.259. The molecule has 2 rings (SSSR count). The molecule has 1 heterocycles. The number of aromatic amines is 1. The Hall–Kier alpha value is -2.63. The van der Waals surface area contributed by atoms with Crippen LogP contribution in [0.1, 0.15) is 26.7 Å². The van der Waals surface area contributed by atoms with Crippen molar-refractivity contribution >= 4 is 11.7 Å². The summed E-state index contributed by atoms with van der Waals surface area (Å²) in [5, 5.41) is 9.68. The fraction of sp³-hybridized carbons (Fsp3) is 0.353. The molecular weight excluding hydrogens is 294 g/mol. The first-order valence-corrected chi connectivity index (χ1v) is 7.65. The van der Waals surface area contributed by atoms with Gasteiger partial charge in [0.25, 0.3) is 5.56 Å². The maximum atomic E-state index is 11.1. The minimum Gasteiger partial charge on any atom is -0.461 e. The van der Waals surface area contributed by atoms with Crippen LogP contribution in [0.4, 0.5) is 5.69 Å². The largest absolute Gasteiger partial charge is 0.461 e. The topological polar surface area (TPSA) is 84.1 Å². The maximum Gasteiger partial charge on any atom is 0.302 e. The zero-order valence-electron chi connectivity index (χ0n) is 13.3. The fourth-order valence-corrected chi connectivity index (χ4v) is 2.26. The number of aromatic nitrogens is 2. The summed E-state index contributed by atoms with van der Waals surface area (Å²) < 4.78 is 5.27. The number of rotatable bonds is 7. The number of ether oxygens (including phenoxy) is 1. The Morgan fingerprint density at radius 3 is 2.57 bits per heavy atom. The summed E-state index contributed by atoms with van der Waals surface area (Å²) in [6, 6.07) is 10.8. The van der Waals surface area contributed by atoms with Gasteiger partial charge in [0.15, 0.2) is 0 Å². The van der Waals surface area contributed by atoms with Crippen LogP contribution in [0.15, 0.2) is 41.2 Å². The normalized spacial score (nSPS) is 11.7. The molecule has 1 atom stereocenters. The highest BCUT2D eigenvalue weighted by atomic mass is 16.5. The van der Waals surface area contributed by atoms with Crippen LogP contribution in [-0.4, -0.2) is 28.8 Å². The molecule has 0 amide bonds. The molecule has 0 aliphatic heterocycles. The van der Waals surface area contributed by atoms with Crippen molar-refractivity contribution in [1.82, 2.24) is 10.2 Å². The summed E-state index contributed by atoms with van der Waals surface area (Å²) in [6.07, 6.45) is 1.65. The maximum absolute atomic E-state index is 11.1. The molecule has 0 radical (unpaired) electrons. The van der Waals surface area contributed by atoms with Gasteiger partial charge in [-0.2, -0.15) is 5.10 Å². The smallest absolute Gasteiger partial charge is 0.302 e. The number of carbonyl (C=O) groups excluding carboxylic acids is 1. The summed E-state index contributed by atoms with van der Waals surface area (Å²) in [4.78, 5) is 22.1. The molecule has 2 N–H and O–H groups in total. The highest BCUT2D eigenvalue weighted by Crippen LogP contribution is 2.18. The molecule has 23 heavy (non-hydrogen) atoms. The molecule has 0 fully saturated rings. The van der Waals surface area contributed by atoms with E-state index in [1.54, 1.807) is 6.07 Å². The van der Waals surface area contributed by atoms with Gasteiger partial charge in [-0.1, -0.05) is 25.5 Å². The molecule has 0 aliphatic rings. The number of nitrogens with one attached hydrogen (secondary N) is 2. The van der Waals surface area contributed by atoms with Gasteiger partial charge >= 0.3 is 5.97 Å². The van der Waals surface area contributed by atoms with Gasteiger partial charge in [0, 0.05) is 24.2 Å². The number of benzene rings is 1. The first kappa shape index (κ1) is 16.7. The van der Waals surface area contributed by atoms with Crippen LogP contribution in [0, 0.1) is 0 Å². The van der Waals surface area contributed by atoms with Gasteiger partial charge in [-0.3, -0.25) is 9.59 Å². The van der Waals surface area contributed by atoms with Crippen LogP contribution >= 0.6 is 0 Å². The van der Waals surface area contributed by atoms with Crippen molar-refractivity contribution < 1.29 is 9.53 Å². The minimum absolute atomic E-state index is 0.127. The average Bonchev–Trinajstić information content (AvgIpc) is 2.54. The Labute approximate surface area is 134 Å². The Kier molecular flexibility index (Phi) is 5.91. The van der Waals surface area contributed by atoms with E-state index < -0.39 is 0 Å². The Bertz CT molecular complexity index is 674.